The molecule has 0 spiro atoms. The standard InChI is InChI=1S/C17H36O/c1-5-9-11-12-14-17(18,8-4)15-16(7-3)13-10-6-2/h16,18H,5-15H2,1-4H3. The van der Waals surface area contributed by atoms with Gasteiger partial charge in [0.15, 0.2) is 0 Å². The molecule has 0 saturated heterocycles. The van der Waals surface area contributed by atoms with E-state index < -0.39 is 0 Å². The highest BCUT2D eigenvalue weighted by Crippen LogP contribution is 2.30. The summed E-state index contributed by atoms with van der Waals surface area (Å²) in [5, 5.41) is 10.7. The first-order valence-corrected chi connectivity index (χ1v) is 8.34. The smallest absolute Gasteiger partial charge is 0.0647 e. The topological polar surface area (TPSA) is 20.2 Å². The minimum atomic E-state index is -0.387. The molecule has 0 saturated carbocycles. The highest BCUT2D eigenvalue weighted by Gasteiger charge is 2.27. The van der Waals surface area contributed by atoms with Crippen molar-refractivity contribution in [1.29, 1.82) is 0 Å². The minimum Gasteiger partial charge on any atom is -0.390 e. The van der Waals surface area contributed by atoms with Crippen LogP contribution in [0.4, 0.5) is 0 Å². The largest absolute Gasteiger partial charge is 0.390 e. The van der Waals surface area contributed by atoms with Crippen molar-refractivity contribution in [2.24, 2.45) is 5.92 Å². The van der Waals surface area contributed by atoms with E-state index in [1.54, 1.807) is 0 Å². The molecule has 0 heterocycles. The van der Waals surface area contributed by atoms with Gasteiger partial charge in [-0.05, 0) is 25.2 Å². The third kappa shape index (κ3) is 8.13. The molecule has 2 unspecified atom stereocenters. The molecule has 1 N–H and O–H groups in total. The fourth-order valence-electron chi connectivity index (χ4n) is 2.78. The first-order chi connectivity index (χ1) is 8.61. The summed E-state index contributed by atoms with van der Waals surface area (Å²) in [6, 6.07) is 0. The second-order valence-electron chi connectivity index (χ2n) is 6.01. The van der Waals surface area contributed by atoms with Gasteiger partial charge in [0.2, 0.25) is 0 Å². The predicted molar refractivity (Wildman–Crippen MR) is 81.9 cm³/mol. The Labute approximate surface area is 115 Å². The molecule has 0 aliphatic heterocycles. The van der Waals surface area contributed by atoms with Crippen molar-refractivity contribution >= 4 is 0 Å². The van der Waals surface area contributed by atoms with E-state index in [4.69, 9.17) is 0 Å². The van der Waals surface area contributed by atoms with Gasteiger partial charge in [0.25, 0.3) is 0 Å². The third-order valence-corrected chi connectivity index (χ3v) is 4.37. The molecule has 18 heavy (non-hydrogen) atoms. The molecule has 0 aliphatic carbocycles. The van der Waals surface area contributed by atoms with E-state index in [9.17, 15) is 5.11 Å². The number of hydrogen-bond donors (Lipinski definition) is 1. The third-order valence-electron chi connectivity index (χ3n) is 4.37. The zero-order valence-corrected chi connectivity index (χ0v) is 13.3. The lowest BCUT2D eigenvalue weighted by Crippen LogP contribution is -2.30. The van der Waals surface area contributed by atoms with E-state index in [2.05, 4.69) is 27.7 Å². The molecule has 2 atom stereocenters. The number of aliphatic hydroxyl groups is 1. The van der Waals surface area contributed by atoms with Crippen molar-refractivity contribution in [3.63, 3.8) is 0 Å². The summed E-state index contributed by atoms with van der Waals surface area (Å²) in [6.07, 6.45) is 13.1. The Morgan fingerprint density at radius 2 is 1.56 bits per heavy atom. The average Bonchev–Trinajstić information content (AvgIpc) is 2.39. The summed E-state index contributed by atoms with van der Waals surface area (Å²) < 4.78 is 0. The van der Waals surface area contributed by atoms with Gasteiger partial charge in [0.05, 0.1) is 5.60 Å². The van der Waals surface area contributed by atoms with Crippen LogP contribution >= 0.6 is 0 Å². The molecule has 0 aromatic rings. The highest BCUT2D eigenvalue weighted by molar-refractivity contribution is 4.80. The van der Waals surface area contributed by atoms with Crippen LogP contribution in [0.25, 0.3) is 0 Å². The van der Waals surface area contributed by atoms with Crippen LogP contribution in [-0.4, -0.2) is 10.7 Å². The lowest BCUT2D eigenvalue weighted by atomic mass is 9.81. The maximum Gasteiger partial charge on any atom is 0.0647 e. The number of rotatable bonds is 12. The Balaban J connectivity index is 4.08. The lowest BCUT2D eigenvalue weighted by Gasteiger charge is -2.31. The quantitative estimate of drug-likeness (QED) is 0.444. The fraction of sp³-hybridized carbons (Fsp3) is 1.00. The van der Waals surface area contributed by atoms with Gasteiger partial charge in [0.1, 0.15) is 0 Å². The van der Waals surface area contributed by atoms with E-state index in [1.165, 1.54) is 51.4 Å². The molecule has 0 radical (unpaired) electrons. The molecule has 0 aromatic heterocycles. The van der Waals surface area contributed by atoms with Gasteiger partial charge < -0.3 is 5.11 Å². The summed E-state index contributed by atoms with van der Waals surface area (Å²) >= 11 is 0. The summed E-state index contributed by atoms with van der Waals surface area (Å²) in [7, 11) is 0. The maximum atomic E-state index is 10.7. The Morgan fingerprint density at radius 1 is 0.889 bits per heavy atom. The molecule has 1 heteroatoms. The van der Waals surface area contributed by atoms with E-state index in [0.717, 1.165) is 25.2 Å². The molecule has 0 rings (SSSR count). The van der Waals surface area contributed by atoms with Crippen molar-refractivity contribution in [2.45, 2.75) is 104 Å². The zero-order valence-electron chi connectivity index (χ0n) is 13.3. The van der Waals surface area contributed by atoms with Gasteiger partial charge in [-0.15, -0.1) is 0 Å². The van der Waals surface area contributed by atoms with Crippen molar-refractivity contribution in [2.75, 3.05) is 0 Å². The molecule has 0 aliphatic rings. The SMILES string of the molecule is CCCCCCC(O)(CC)CC(CC)CCCC. The zero-order chi connectivity index (χ0) is 13.9. The number of unbranched alkanes of at least 4 members (excludes halogenated alkanes) is 4. The Hall–Kier alpha value is -0.0400. The van der Waals surface area contributed by atoms with Crippen molar-refractivity contribution < 1.29 is 5.11 Å². The number of hydrogen-bond acceptors (Lipinski definition) is 1. The van der Waals surface area contributed by atoms with Gasteiger partial charge in [-0.2, -0.15) is 0 Å². The molecule has 0 aromatic carbocycles. The predicted octanol–water partition coefficient (Wildman–Crippen LogP) is 5.70. The lowest BCUT2D eigenvalue weighted by molar-refractivity contribution is -0.000718. The van der Waals surface area contributed by atoms with Crippen LogP contribution in [0.15, 0.2) is 0 Å². The second kappa shape index (κ2) is 10.8. The molecular formula is C17H36O. The molecule has 0 amide bonds. The summed E-state index contributed by atoms with van der Waals surface area (Å²) in [4.78, 5) is 0. The summed E-state index contributed by atoms with van der Waals surface area (Å²) in [6.45, 7) is 8.91. The van der Waals surface area contributed by atoms with Crippen LogP contribution in [0.5, 0.6) is 0 Å². The molecule has 1 nitrogen and oxygen atoms in total. The molecular weight excluding hydrogens is 220 g/mol. The van der Waals surface area contributed by atoms with Crippen molar-refractivity contribution in [3.05, 3.63) is 0 Å². The van der Waals surface area contributed by atoms with Crippen LogP contribution in [0.1, 0.15) is 98.3 Å². The first kappa shape index (κ1) is 18.0. The van der Waals surface area contributed by atoms with Crippen LogP contribution in [0.2, 0.25) is 0 Å². The van der Waals surface area contributed by atoms with Crippen LogP contribution in [0, 0.1) is 5.92 Å². The van der Waals surface area contributed by atoms with E-state index >= 15 is 0 Å². The minimum absolute atomic E-state index is 0.387. The first-order valence-electron chi connectivity index (χ1n) is 8.34. The fourth-order valence-corrected chi connectivity index (χ4v) is 2.78. The Morgan fingerprint density at radius 3 is 2.06 bits per heavy atom. The average molecular weight is 256 g/mol. The van der Waals surface area contributed by atoms with E-state index in [-0.39, 0.29) is 5.60 Å². The normalized spacial score (nSPS) is 16.5. The van der Waals surface area contributed by atoms with Gasteiger partial charge in [-0.1, -0.05) is 79.1 Å². The molecule has 0 bridgehead atoms. The van der Waals surface area contributed by atoms with Crippen LogP contribution in [-0.2, 0) is 0 Å². The maximum absolute atomic E-state index is 10.7. The van der Waals surface area contributed by atoms with Gasteiger partial charge in [-0.25, -0.2) is 0 Å². The van der Waals surface area contributed by atoms with Gasteiger partial charge >= 0.3 is 0 Å². The molecule has 110 valence electrons. The summed E-state index contributed by atoms with van der Waals surface area (Å²) in [5.74, 6) is 0.723. The van der Waals surface area contributed by atoms with Gasteiger partial charge in [-0.3, -0.25) is 0 Å². The van der Waals surface area contributed by atoms with Crippen molar-refractivity contribution in [1.82, 2.24) is 0 Å². The van der Waals surface area contributed by atoms with E-state index in [1.807, 2.05) is 0 Å². The van der Waals surface area contributed by atoms with Crippen LogP contribution < -0.4 is 0 Å². The van der Waals surface area contributed by atoms with Crippen molar-refractivity contribution in [3.8, 4) is 0 Å². The Bertz CT molecular complexity index is 178. The van der Waals surface area contributed by atoms with Gasteiger partial charge in [0, 0.05) is 0 Å². The highest BCUT2D eigenvalue weighted by atomic mass is 16.3. The Kier molecular flexibility index (Phi) is 10.8. The molecule has 0 fully saturated rings. The van der Waals surface area contributed by atoms with Crippen LogP contribution in [0.3, 0.4) is 0 Å². The second-order valence-corrected chi connectivity index (χ2v) is 6.01. The van der Waals surface area contributed by atoms with E-state index in [0.29, 0.717) is 0 Å². The summed E-state index contributed by atoms with van der Waals surface area (Å²) in [5.41, 5.74) is -0.387. The monoisotopic (exact) mass is 256 g/mol.